The van der Waals surface area contributed by atoms with Crippen molar-refractivity contribution in [1.29, 1.82) is 0 Å². The number of nitrogens with one attached hydrogen (secondary N) is 1. The van der Waals surface area contributed by atoms with E-state index in [1.54, 1.807) is 0 Å². The number of carboxylic acid groups (broad SMARTS) is 2. The molecular formula is C14H21NO6. The Morgan fingerprint density at radius 2 is 1.67 bits per heavy atom. The summed E-state index contributed by atoms with van der Waals surface area (Å²) in [6, 6.07) is 7.74. The molecule has 21 heavy (non-hydrogen) atoms. The van der Waals surface area contributed by atoms with Crippen molar-refractivity contribution < 1.29 is 29.3 Å². The van der Waals surface area contributed by atoms with Gasteiger partial charge in [0.25, 0.3) is 0 Å². The van der Waals surface area contributed by atoms with Gasteiger partial charge in [-0.05, 0) is 33.0 Å². The molecule has 1 aromatic rings. The molecule has 0 bridgehead atoms. The molecule has 7 nitrogen and oxygen atoms in total. The zero-order chi connectivity index (χ0) is 16.3. The zero-order valence-electron chi connectivity index (χ0n) is 12.3. The van der Waals surface area contributed by atoms with Crippen molar-refractivity contribution in [3.63, 3.8) is 0 Å². The molecule has 7 heteroatoms. The van der Waals surface area contributed by atoms with Crippen LogP contribution in [0.3, 0.4) is 0 Å². The third kappa shape index (κ3) is 9.28. The fraction of sp³-hybridized carbons (Fsp3) is 0.429. The minimum atomic E-state index is -1.82. The fourth-order valence-electron chi connectivity index (χ4n) is 1.18. The monoisotopic (exact) mass is 299 g/mol. The summed E-state index contributed by atoms with van der Waals surface area (Å²) in [6.07, 6.45) is 0.166. The number of carboxylic acids is 2. The van der Waals surface area contributed by atoms with E-state index in [-0.39, 0.29) is 6.10 Å². The molecule has 118 valence electrons. The number of likely N-dealkylation sites (N-methyl/N-ethyl adjacent to an activating group) is 1. The Morgan fingerprint density at radius 3 is 2.10 bits per heavy atom. The number of hydrogen-bond acceptors (Lipinski definition) is 5. The molecule has 0 aliphatic heterocycles. The van der Waals surface area contributed by atoms with Gasteiger partial charge in [-0.15, -0.1) is 0 Å². The summed E-state index contributed by atoms with van der Waals surface area (Å²) < 4.78 is 11.2. The van der Waals surface area contributed by atoms with Gasteiger partial charge in [0.05, 0.1) is 6.10 Å². The van der Waals surface area contributed by atoms with Crippen LogP contribution in [0.2, 0.25) is 0 Å². The molecule has 0 radical (unpaired) electrons. The lowest BCUT2D eigenvalue weighted by molar-refractivity contribution is -0.159. The van der Waals surface area contributed by atoms with Crippen molar-refractivity contribution in [3.05, 3.63) is 24.3 Å². The molecule has 1 rings (SSSR count). The summed E-state index contributed by atoms with van der Waals surface area (Å²) in [5.74, 6) is -2.03. The van der Waals surface area contributed by atoms with E-state index in [1.807, 2.05) is 45.2 Å². The molecule has 0 spiro atoms. The van der Waals surface area contributed by atoms with E-state index in [4.69, 9.17) is 29.3 Å². The Bertz CT molecular complexity index is 435. The van der Waals surface area contributed by atoms with Crippen LogP contribution in [0.1, 0.15) is 13.8 Å². The first-order valence-electron chi connectivity index (χ1n) is 6.37. The first-order chi connectivity index (χ1) is 9.88. The van der Waals surface area contributed by atoms with Crippen molar-refractivity contribution in [2.45, 2.75) is 20.0 Å². The first-order valence-corrected chi connectivity index (χ1v) is 6.37. The zero-order valence-corrected chi connectivity index (χ0v) is 12.3. The lowest BCUT2D eigenvalue weighted by Gasteiger charge is -2.14. The van der Waals surface area contributed by atoms with E-state index in [0.29, 0.717) is 6.61 Å². The van der Waals surface area contributed by atoms with Crippen LogP contribution in [-0.2, 0) is 9.59 Å². The molecule has 3 N–H and O–H groups in total. The molecule has 0 aromatic heterocycles. The highest BCUT2D eigenvalue weighted by Crippen LogP contribution is 2.27. The van der Waals surface area contributed by atoms with Gasteiger partial charge >= 0.3 is 11.9 Å². The van der Waals surface area contributed by atoms with E-state index in [9.17, 15) is 0 Å². The second kappa shape index (κ2) is 10.5. The Morgan fingerprint density at radius 1 is 1.14 bits per heavy atom. The SMILES string of the molecule is CNCCOc1ccccc1OC(C)C.O=C(O)C(=O)O. The number of aliphatic carboxylic acids is 2. The molecule has 0 aliphatic carbocycles. The number of carbonyl (C=O) groups is 2. The lowest BCUT2D eigenvalue weighted by Crippen LogP contribution is -2.16. The molecule has 0 saturated carbocycles. The third-order valence-electron chi connectivity index (χ3n) is 2.00. The summed E-state index contributed by atoms with van der Waals surface area (Å²) >= 11 is 0. The highest BCUT2D eigenvalue weighted by Gasteiger charge is 2.05. The summed E-state index contributed by atoms with van der Waals surface area (Å²) in [5, 5.41) is 17.8. The van der Waals surface area contributed by atoms with E-state index < -0.39 is 11.9 Å². The second-order valence-corrected chi connectivity index (χ2v) is 4.18. The van der Waals surface area contributed by atoms with Gasteiger partial charge < -0.3 is 25.0 Å². The average Bonchev–Trinajstić information content (AvgIpc) is 2.41. The van der Waals surface area contributed by atoms with Crippen LogP contribution in [0.15, 0.2) is 24.3 Å². The summed E-state index contributed by atoms with van der Waals surface area (Å²) in [5.41, 5.74) is 0. The van der Waals surface area contributed by atoms with Crippen molar-refractivity contribution in [3.8, 4) is 11.5 Å². The van der Waals surface area contributed by atoms with Gasteiger partial charge in [0.1, 0.15) is 6.61 Å². The molecule has 0 saturated heterocycles. The molecule has 0 amide bonds. The predicted octanol–water partition coefficient (Wildman–Crippen LogP) is 1.23. The number of para-hydroxylation sites is 2. The van der Waals surface area contributed by atoms with Crippen LogP contribution < -0.4 is 14.8 Å². The van der Waals surface area contributed by atoms with Crippen molar-refractivity contribution in [2.24, 2.45) is 0 Å². The molecule has 1 aromatic carbocycles. The largest absolute Gasteiger partial charge is 0.488 e. The molecule has 0 atom stereocenters. The first kappa shape index (κ1) is 18.7. The van der Waals surface area contributed by atoms with Gasteiger partial charge in [-0.1, -0.05) is 12.1 Å². The Balaban J connectivity index is 0.000000567. The number of benzene rings is 1. The quantitative estimate of drug-likeness (QED) is 0.536. The molecule has 0 fully saturated rings. The maximum Gasteiger partial charge on any atom is 0.414 e. The second-order valence-electron chi connectivity index (χ2n) is 4.18. The minimum Gasteiger partial charge on any atom is -0.488 e. The van der Waals surface area contributed by atoms with Gasteiger partial charge in [-0.2, -0.15) is 0 Å². The summed E-state index contributed by atoms with van der Waals surface area (Å²) in [4.78, 5) is 18.2. The van der Waals surface area contributed by atoms with E-state index >= 15 is 0 Å². The van der Waals surface area contributed by atoms with Crippen LogP contribution >= 0.6 is 0 Å². The number of ether oxygens (including phenoxy) is 2. The minimum absolute atomic E-state index is 0.166. The molecule has 0 heterocycles. The Hall–Kier alpha value is -2.28. The van der Waals surface area contributed by atoms with E-state index in [2.05, 4.69) is 5.32 Å². The molecular weight excluding hydrogens is 278 g/mol. The van der Waals surface area contributed by atoms with Gasteiger partial charge in [0, 0.05) is 6.54 Å². The topological polar surface area (TPSA) is 105 Å². The smallest absolute Gasteiger partial charge is 0.414 e. The Kier molecular flexibility index (Phi) is 9.36. The summed E-state index contributed by atoms with van der Waals surface area (Å²) in [7, 11) is 1.90. The maximum atomic E-state index is 9.10. The molecule has 0 unspecified atom stereocenters. The average molecular weight is 299 g/mol. The highest BCUT2D eigenvalue weighted by atomic mass is 16.5. The van der Waals surface area contributed by atoms with E-state index in [0.717, 1.165) is 18.0 Å². The number of rotatable bonds is 6. The molecule has 0 aliphatic rings. The third-order valence-corrected chi connectivity index (χ3v) is 2.00. The standard InChI is InChI=1S/C12H19NO2.C2H2O4/c1-10(2)15-12-7-5-4-6-11(12)14-9-8-13-3;3-1(4)2(5)6/h4-7,10,13H,8-9H2,1-3H3;(H,3,4)(H,5,6). The van der Waals surface area contributed by atoms with Crippen molar-refractivity contribution >= 4 is 11.9 Å². The lowest BCUT2D eigenvalue weighted by atomic mass is 10.3. The predicted molar refractivity (Wildman–Crippen MR) is 76.9 cm³/mol. The van der Waals surface area contributed by atoms with Gasteiger partial charge in [0.2, 0.25) is 0 Å². The van der Waals surface area contributed by atoms with Gasteiger partial charge in [0.15, 0.2) is 11.5 Å². The van der Waals surface area contributed by atoms with Gasteiger partial charge in [-0.3, -0.25) is 0 Å². The fourth-order valence-corrected chi connectivity index (χ4v) is 1.18. The van der Waals surface area contributed by atoms with E-state index in [1.165, 1.54) is 0 Å². The van der Waals surface area contributed by atoms with Gasteiger partial charge in [-0.25, -0.2) is 9.59 Å². The number of hydrogen-bond donors (Lipinski definition) is 3. The highest BCUT2D eigenvalue weighted by molar-refractivity contribution is 6.27. The normalized spacial score (nSPS) is 9.52. The van der Waals surface area contributed by atoms with Crippen LogP contribution in [0.4, 0.5) is 0 Å². The van der Waals surface area contributed by atoms with Crippen LogP contribution in [0, 0.1) is 0 Å². The maximum absolute atomic E-state index is 9.10. The summed E-state index contributed by atoms with van der Waals surface area (Å²) in [6.45, 7) is 5.49. The van der Waals surface area contributed by atoms with Crippen molar-refractivity contribution in [2.75, 3.05) is 20.2 Å². The van der Waals surface area contributed by atoms with Crippen molar-refractivity contribution in [1.82, 2.24) is 5.32 Å². The van der Waals surface area contributed by atoms with Crippen LogP contribution in [0.25, 0.3) is 0 Å². The Labute approximate surface area is 123 Å². The van der Waals surface area contributed by atoms with Crippen LogP contribution in [-0.4, -0.2) is 48.5 Å². The van der Waals surface area contributed by atoms with Crippen LogP contribution in [0.5, 0.6) is 11.5 Å².